The Morgan fingerprint density at radius 3 is 2.18 bits per heavy atom. The fourth-order valence-electron chi connectivity index (χ4n) is 2.17. The molecule has 0 aliphatic carbocycles. The molecule has 0 fully saturated rings. The molecule has 0 amide bonds. The second-order valence-electron chi connectivity index (χ2n) is 4.95. The van der Waals surface area contributed by atoms with Gasteiger partial charge in [0.05, 0.1) is 0 Å². The maximum Gasteiger partial charge on any atom is 0.0370 e. The lowest BCUT2D eigenvalue weighted by Gasteiger charge is -2.25. The molecular weight excluding hydrogens is 208 g/mol. The van der Waals surface area contributed by atoms with E-state index in [0.29, 0.717) is 5.92 Å². The molecule has 2 heteroatoms. The van der Waals surface area contributed by atoms with E-state index >= 15 is 0 Å². The standard InChI is InChI=1S/C15H26N2/c1-5-9-17(10-6-2)13-7-8-15(16)14(11-13)12(3)4/h7-8,11-12H,5-6,9-10,16H2,1-4H3. The number of nitrogen functional groups attached to an aromatic ring is 1. The number of nitrogens with two attached hydrogens (primary N) is 1. The van der Waals surface area contributed by atoms with Gasteiger partial charge in [0.1, 0.15) is 0 Å². The molecule has 0 unspecified atom stereocenters. The molecule has 1 aromatic carbocycles. The highest BCUT2D eigenvalue weighted by Gasteiger charge is 2.09. The first-order valence-electron chi connectivity index (χ1n) is 6.74. The first-order valence-corrected chi connectivity index (χ1v) is 6.74. The fourth-order valence-corrected chi connectivity index (χ4v) is 2.17. The van der Waals surface area contributed by atoms with Crippen LogP contribution in [0.3, 0.4) is 0 Å². The highest BCUT2D eigenvalue weighted by molar-refractivity contribution is 5.59. The van der Waals surface area contributed by atoms with Crippen LogP contribution in [0, 0.1) is 0 Å². The molecule has 0 aliphatic heterocycles. The van der Waals surface area contributed by atoms with Crippen molar-refractivity contribution in [3.05, 3.63) is 23.8 Å². The van der Waals surface area contributed by atoms with Crippen molar-refractivity contribution in [2.75, 3.05) is 23.7 Å². The lowest BCUT2D eigenvalue weighted by molar-refractivity contribution is 0.743. The first-order chi connectivity index (χ1) is 8.10. The second kappa shape index (κ2) is 6.53. The van der Waals surface area contributed by atoms with Crippen molar-refractivity contribution >= 4 is 11.4 Å². The molecule has 96 valence electrons. The highest BCUT2D eigenvalue weighted by Crippen LogP contribution is 2.27. The average Bonchev–Trinajstić information content (AvgIpc) is 2.29. The Balaban J connectivity index is 2.98. The van der Waals surface area contributed by atoms with Gasteiger partial charge in [0.15, 0.2) is 0 Å². The fraction of sp³-hybridized carbons (Fsp3) is 0.600. The van der Waals surface area contributed by atoms with E-state index in [1.165, 1.54) is 24.1 Å². The van der Waals surface area contributed by atoms with Gasteiger partial charge in [0, 0.05) is 24.5 Å². The van der Waals surface area contributed by atoms with Crippen molar-refractivity contribution in [1.29, 1.82) is 0 Å². The SMILES string of the molecule is CCCN(CCC)c1ccc(N)c(C(C)C)c1. The van der Waals surface area contributed by atoms with Crippen LogP contribution in [0.15, 0.2) is 18.2 Å². The summed E-state index contributed by atoms with van der Waals surface area (Å²) in [6.45, 7) is 11.1. The van der Waals surface area contributed by atoms with E-state index in [1.807, 2.05) is 6.07 Å². The van der Waals surface area contributed by atoms with Gasteiger partial charge in [0.25, 0.3) is 0 Å². The predicted octanol–water partition coefficient (Wildman–Crippen LogP) is 4.02. The zero-order valence-electron chi connectivity index (χ0n) is 11.7. The Morgan fingerprint density at radius 2 is 1.71 bits per heavy atom. The molecule has 0 radical (unpaired) electrons. The van der Waals surface area contributed by atoms with Crippen LogP contribution < -0.4 is 10.6 Å². The molecule has 0 bridgehead atoms. The van der Waals surface area contributed by atoms with Crippen molar-refractivity contribution in [3.8, 4) is 0 Å². The monoisotopic (exact) mass is 234 g/mol. The van der Waals surface area contributed by atoms with Gasteiger partial charge < -0.3 is 10.6 Å². The molecule has 0 atom stereocenters. The van der Waals surface area contributed by atoms with Crippen LogP contribution in [0.4, 0.5) is 11.4 Å². The minimum atomic E-state index is 0.486. The van der Waals surface area contributed by atoms with E-state index in [-0.39, 0.29) is 0 Å². The van der Waals surface area contributed by atoms with Crippen LogP contribution in [-0.2, 0) is 0 Å². The molecule has 0 aromatic heterocycles. The van der Waals surface area contributed by atoms with E-state index in [0.717, 1.165) is 18.8 Å². The molecule has 1 aromatic rings. The summed E-state index contributed by atoms with van der Waals surface area (Å²) in [5.41, 5.74) is 9.51. The van der Waals surface area contributed by atoms with Gasteiger partial charge in [-0.05, 0) is 42.5 Å². The molecular formula is C15H26N2. The average molecular weight is 234 g/mol. The van der Waals surface area contributed by atoms with Crippen molar-refractivity contribution in [1.82, 2.24) is 0 Å². The van der Waals surface area contributed by atoms with E-state index < -0.39 is 0 Å². The molecule has 0 saturated heterocycles. The normalized spacial score (nSPS) is 10.9. The molecule has 2 nitrogen and oxygen atoms in total. The molecule has 0 spiro atoms. The summed E-state index contributed by atoms with van der Waals surface area (Å²) in [6.07, 6.45) is 2.36. The van der Waals surface area contributed by atoms with Crippen LogP contribution >= 0.6 is 0 Å². The topological polar surface area (TPSA) is 29.3 Å². The molecule has 2 N–H and O–H groups in total. The largest absolute Gasteiger partial charge is 0.398 e. The van der Waals surface area contributed by atoms with E-state index in [2.05, 4.69) is 44.7 Å². The Bertz CT molecular complexity index is 339. The molecule has 1 rings (SSSR count). The van der Waals surface area contributed by atoms with Crippen molar-refractivity contribution in [3.63, 3.8) is 0 Å². The molecule has 17 heavy (non-hydrogen) atoms. The van der Waals surface area contributed by atoms with Gasteiger partial charge in [-0.1, -0.05) is 27.7 Å². The van der Waals surface area contributed by atoms with Gasteiger partial charge in [-0.15, -0.1) is 0 Å². The number of benzene rings is 1. The highest BCUT2D eigenvalue weighted by atomic mass is 15.1. The number of nitrogens with zero attached hydrogens (tertiary/aromatic N) is 1. The third-order valence-corrected chi connectivity index (χ3v) is 3.04. The predicted molar refractivity (Wildman–Crippen MR) is 77.7 cm³/mol. The van der Waals surface area contributed by atoms with Crippen molar-refractivity contribution in [2.24, 2.45) is 0 Å². The second-order valence-corrected chi connectivity index (χ2v) is 4.95. The minimum absolute atomic E-state index is 0.486. The maximum atomic E-state index is 6.02. The lowest BCUT2D eigenvalue weighted by Crippen LogP contribution is -2.25. The number of hydrogen-bond donors (Lipinski definition) is 1. The van der Waals surface area contributed by atoms with Gasteiger partial charge in [-0.3, -0.25) is 0 Å². The van der Waals surface area contributed by atoms with Crippen LogP contribution in [0.5, 0.6) is 0 Å². The third-order valence-electron chi connectivity index (χ3n) is 3.04. The minimum Gasteiger partial charge on any atom is -0.398 e. The van der Waals surface area contributed by atoms with Gasteiger partial charge in [-0.25, -0.2) is 0 Å². The summed E-state index contributed by atoms with van der Waals surface area (Å²) < 4.78 is 0. The van der Waals surface area contributed by atoms with E-state index in [1.54, 1.807) is 0 Å². The lowest BCUT2D eigenvalue weighted by atomic mass is 10.0. The number of hydrogen-bond acceptors (Lipinski definition) is 2. The Kier molecular flexibility index (Phi) is 5.33. The Labute approximate surface area is 106 Å². The molecule has 0 saturated carbocycles. The Morgan fingerprint density at radius 1 is 1.12 bits per heavy atom. The van der Waals surface area contributed by atoms with Crippen LogP contribution in [0.1, 0.15) is 52.0 Å². The number of anilines is 2. The van der Waals surface area contributed by atoms with Crippen LogP contribution in [0.2, 0.25) is 0 Å². The van der Waals surface area contributed by atoms with Crippen LogP contribution in [-0.4, -0.2) is 13.1 Å². The summed E-state index contributed by atoms with van der Waals surface area (Å²) in [5.74, 6) is 0.486. The first kappa shape index (κ1) is 13.9. The molecule has 0 aliphatic rings. The van der Waals surface area contributed by atoms with Crippen molar-refractivity contribution < 1.29 is 0 Å². The smallest absolute Gasteiger partial charge is 0.0370 e. The van der Waals surface area contributed by atoms with Gasteiger partial charge in [0.2, 0.25) is 0 Å². The summed E-state index contributed by atoms with van der Waals surface area (Å²) in [5, 5.41) is 0. The Hall–Kier alpha value is -1.18. The third kappa shape index (κ3) is 3.65. The maximum absolute atomic E-state index is 6.02. The van der Waals surface area contributed by atoms with E-state index in [4.69, 9.17) is 5.73 Å². The van der Waals surface area contributed by atoms with Gasteiger partial charge >= 0.3 is 0 Å². The van der Waals surface area contributed by atoms with Gasteiger partial charge in [-0.2, -0.15) is 0 Å². The zero-order valence-corrected chi connectivity index (χ0v) is 11.7. The zero-order chi connectivity index (χ0) is 12.8. The summed E-state index contributed by atoms with van der Waals surface area (Å²) in [4.78, 5) is 2.45. The summed E-state index contributed by atoms with van der Waals surface area (Å²) >= 11 is 0. The quantitative estimate of drug-likeness (QED) is 0.753. The molecule has 0 heterocycles. The summed E-state index contributed by atoms with van der Waals surface area (Å²) in [6, 6.07) is 6.45. The number of rotatable bonds is 6. The van der Waals surface area contributed by atoms with Crippen molar-refractivity contribution in [2.45, 2.75) is 46.5 Å². The summed E-state index contributed by atoms with van der Waals surface area (Å²) in [7, 11) is 0. The van der Waals surface area contributed by atoms with Crippen LogP contribution in [0.25, 0.3) is 0 Å². The van der Waals surface area contributed by atoms with E-state index in [9.17, 15) is 0 Å².